The van der Waals surface area contributed by atoms with Crippen molar-refractivity contribution in [3.63, 3.8) is 0 Å². The fourth-order valence-electron chi connectivity index (χ4n) is 2.24. The van der Waals surface area contributed by atoms with Gasteiger partial charge in [-0.15, -0.1) is 0 Å². The first-order valence-electron chi connectivity index (χ1n) is 6.44. The van der Waals surface area contributed by atoms with Crippen LogP contribution in [0.25, 0.3) is 0 Å². The fourth-order valence-corrected chi connectivity index (χ4v) is 2.24. The molecule has 0 unspecified atom stereocenters. The molecular formula is C14H28O3. The van der Waals surface area contributed by atoms with Gasteiger partial charge in [-0.25, -0.2) is 0 Å². The largest absolute Gasteiger partial charge is 0.384 e. The number of rotatable bonds is 4. The first-order valence-corrected chi connectivity index (χ1v) is 6.44. The lowest BCUT2D eigenvalue weighted by Crippen LogP contribution is -2.57. The van der Waals surface area contributed by atoms with Crippen LogP contribution in [-0.4, -0.2) is 32.7 Å². The number of ether oxygens (including phenoxy) is 3. The molecule has 0 aromatic carbocycles. The predicted octanol–water partition coefficient (Wildman–Crippen LogP) is 3.08. The van der Waals surface area contributed by atoms with E-state index in [1.165, 1.54) is 0 Å². The number of hydrogen-bond acceptors (Lipinski definition) is 3. The van der Waals surface area contributed by atoms with Crippen LogP contribution in [-0.2, 0) is 14.2 Å². The molecule has 1 fully saturated rings. The van der Waals surface area contributed by atoms with E-state index in [-0.39, 0.29) is 10.8 Å². The molecule has 0 atom stereocenters. The Hall–Kier alpha value is -0.120. The summed E-state index contributed by atoms with van der Waals surface area (Å²) in [5.74, 6) is 0.0793. The molecule has 1 saturated heterocycles. The summed E-state index contributed by atoms with van der Waals surface area (Å²) in [6.45, 7) is 15.0. The first kappa shape index (κ1) is 14.9. The summed E-state index contributed by atoms with van der Waals surface area (Å²) in [6.07, 6.45) is 0. The van der Waals surface area contributed by atoms with E-state index >= 15 is 0 Å². The first-order chi connectivity index (χ1) is 7.67. The standard InChI is InChI=1S/C14H28O3/c1-11(2)12(3,4)14(8-15-7)9-16-13(5,6)17-10-14/h11H,8-10H2,1-7H3. The Balaban J connectivity index is 2.92. The summed E-state index contributed by atoms with van der Waals surface area (Å²) in [7, 11) is 1.75. The Labute approximate surface area is 106 Å². The molecule has 0 saturated carbocycles. The quantitative estimate of drug-likeness (QED) is 0.760. The van der Waals surface area contributed by atoms with Crippen molar-refractivity contribution in [2.24, 2.45) is 16.7 Å². The molecule has 1 heterocycles. The summed E-state index contributed by atoms with van der Waals surface area (Å²) in [4.78, 5) is 0. The van der Waals surface area contributed by atoms with Crippen molar-refractivity contribution < 1.29 is 14.2 Å². The molecular weight excluding hydrogens is 216 g/mol. The lowest BCUT2D eigenvalue weighted by Gasteiger charge is -2.53. The number of hydrogen-bond donors (Lipinski definition) is 0. The van der Waals surface area contributed by atoms with E-state index < -0.39 is 5.79 Å². The molecule has 0 spiro atoms. The van der Waals surface area contributed by atoms with E-state index in [0.717, 1.165) is 0 Å². The summed E-state index contributed by atoms with van der Waals surface area (Å²) >= 11 is 0. The second-order valence-corrected chi connectivity index (χ2v) is 6.57. The SMILES string of the molecule is COCC1(C(C)(C)C(C)C)COC(C)(C)OC1. The molecule has 0 bridgehead atoms. The van der Waals surface area contributed by atoms with Crippen molar-refractivity contribution in [3.05, 3.63) is 0 Å². The minimum Gasteiger partial charge on any atom is -0.384 e. The van der Waals surface area contributed by atoms with Gasteiger partial charge < -0.3 is 14.2 Å². The predicted molar refractivity (Wildman–Crippen MR) is 68.9 cm³/mol. The van der Waals surface area contributed by atoms with Crippen LogP contribution >= 0.6 is 0 Å². The van der Waals surface area contributed by atoms with E-state index in [9.17, 15) is 0 Å². The minimum atomic E-state index is -0.468. The van der Waals surface area contributed by atoms with Crippen LogP contribution in [0.3, 0.4) is 0 Å². The molecule has 0 N–H and O–H groups in total. The maximum atomic E-state index is 5.87. The van der Waals surface area contributed by atoms with E-state index in [1.807, 2.05) is 13.8 Å². The highest BCUT2D eigenvalue weighted by Crippen LogP contribution is 2.48. The Kier molecular flexibility index (Phi) is 4.28. The van der Waals surface area contributed by atoms with Gasteiger partial charge >= 0.3 is 0 Å². The average molecular weight is 244 g/mol. The number of methoxy groups -OCH3 is 1. The van der Waals surface area contributed by atoms with E-state index in [2.05, 4.69) is 27.7 Å². The maximum absolute atomic E-state index is 5.87. The third kappa shape index (κ3) is 2.83. The summed E-state index contributed by atoms with van der Waals surface area (Å²) < 4.78 is 17.2. The zero-order valence-electron chi connectivity index (χ0n) is 12.4. The Bertz CT molecular complexity index is 246. The van der Waals surface area contributed by atoms with E-state index in [1.54, 1.807) is 7.11 Å². The molecule has 1 aliphatic rings. The Morgan fingerprint density at radius 1 is 1.18 bits per heavy atom. The zero-order chi connectivity index (χ0) is 13.3. The average Bonchev–Trinajstić information content (AvgIpc) is 2.21. The van der Waals surface area contributed by atoms with Gasteiger partial charge in [0.25, 0.3) is 0 Å². The molecule has 3 nitrogen and oxygen atoms in total. The molecule has 0 amide bonds. The van der Waals surface area contributed by atoms with Gasteiger partial charge in [-0.3, -0.25) is 0 Å². The van der Waals surface area contributed by atoms with Crippen molar-refractivity contribution in [1.29, 1.82) is 0 Å². The Morgan fingerprint density at radius 2 is 1.65 bits per heavy atom. The molecule has 3 heteroatoms. The fraction of sp³-hybridized carbons (Fsp3) is 1.00. The molecule has 1 rings (SSSR count). The summed E-state index contributed by atoms with van der Waals surface area (Å²) in [6, 6.07) is 0. The second-order valence-electron chi connectivity index (χ2n) is 6.57. The molecule has 0 aliphatic carbocycles. The lowest BCUT2D eigenvalue weighted by molar-refractivity contribution is -0.313. The van der Waals surface area contributed by atoms with Crippen LogP contribution in [0.15, 0.2) is 0 Å². The molecule has 0 aromatic heterocycles. The van der Waals surface area contributed by atoms with Crippen LogP contribution in [0.1, 0.15) is 41.5 Å². The van der Waals surface area contributed by atoms with Crippen molar-refractivity contribution in [2.75, 3.05) is 26.9 Å². The van der Waals surface area contributed by atoms with Crippen molar-refractivity contribution in [2.45, 2.75) is 47.3 Å². The van der Waals surface area contributed by atoms with Crippen LogP contribution in [0.2, 0.25) is 0 Å². The third-order valence-corrected chi connectivity index (χ3v) is 4.62. The smallest absolute Gasteiger partial charge is 0.162 e. The highest BCUT2D eigenvalue weighted by Gasteiger charge is 2.51. The topological polar surface area (TPSA) is 27.7 Å². The zero-order valence-corrected chi connectivity index (χ0v) is 12.4. The second kappa shape index (κ2) is 4.87. The van der Waals surface area contributed by atoms with Gasteiger partial charge in [0.05, 0.1) is 19.8 Å². The van der Waals surface area contributed by atoms with Crippen LogP contribution in [0.5, 0.6) is 0 Å². The highest BCUT2D eigenvalue weighted by atomic mass is 16.7. The molecule has 17 heavy (non-hydrogen) atoms. The lowest BCUT2D eigenvalue weighted by atomic mass is 9.60. The maximum Gasteiger partial charge on any atom is 0.162 e. The molecule has 0 aromatic rings. The van der Waals surface area contributed by atoms with Crippen LogP contribution < -0.4 is 0 Å². The van der Waals surface area contributed by atoms with Gasteiger partial charge in [0.15, 0.2) is 5.79 Å². The van der Waals surface area contributed by atoms with Gasteiger partial charge in [-0.1, -0.05) is 27.7 Å². The van der Waals surface area contributed by atoms with E-state index in [0.29, 0.717) is 25.7 Å². The van der Waals surface area contributed by atoms with Crippen LogP contribution in [0.4, 0.5) is 0 Å². The minimum absolute atomic E-state index is 0.0641. The molecule has 102 valence electrons. The Morgan fingerprint density at radius 3 is 2.00 bits per heavy atom. The van der Waals surface area contributed by atoms with Gasteiger partial charge in [-0.2, -0.15) is 0 Å². The van der Waals surface area contributed by atoms with Crippen molar-refractivity contribution >= 4 is 0 Å². The van der Waals surface area contributed by atoms with Gasteiger partial charge in [-0.05, 0) is 25.2 Å². The summed E-state index contributed by atoms with van der Waals surface area (Å²) in [5, 5.41) is 0. The van der Waals surface area contributed by atoms with Crippen molar-refractivity contribution in [1.82, 2.24) is 0 Å². The van der Waals surface area contributed by atoms with Crippen LogP contribution in [0, 0.1) is 16.7 Å². The van der Waals surface area contributed by atoms with Gasteiger partial charge in [0, 0.05) is 12.5 Å². The monoisotopic (exact) mass is 244 g/mol. The van der Waals surface area contributed by atoms with Crippen molar-refractivity contribution in [3.8, 4) is 0 Å². The molecule has 1 aliphatic heterocycles. The highest BCUT2D eigenvalue weighted by molar-refractivity contribution is 4.97. The third-order valence-electron chi connectivity index (χ3n) is 4.62. The molecule has 0 radical (unpaired) electrons. The summed E-state index contributed by atoms with van der Waals surface area (Å²) in [5.41, 5.74) is 0.0466. The van der Waals surface area contributed by atoms with Gasteiger partial charge in [0.2, 0.25) is 0 Å². The van der Waals surface area contributed by atoms with Gasteiger partial charge in [0.1, 0.15) is 0 Å². The normalized spacial score (nSPS) is 24.0. The van der Waals surface area contributed by atoms with E-state index in [4.69, 9.17) is 14.2 Å².